The zero-order valence-corrected chi connectivity index (χ0v) is 17.1. The van der Waals surface area contributed by atoms with Crippen molar-refractivity contribution in [3.63, 3.8) is 0 Å². The van der Waals surface area contributed by atoms with Crippen LogP contribution < -0.4 is 9.62 Å². The Balaban J connectivity index is 2.42. The van der Waals surface area contributed by atoms with E-state index in [2.05, 4.69) is 5.32 Å². The van der Waals surface area contributed by atoms with Gasteiger partial charge in [0.15, 0.2) is 0 Å². The summed E-state index contributed by atoms with van der Waals surface area (Å²) in [5, 5.41) is 3.15. The highest BCUT2D eigenvalue weighted by atomic mass is 35.5. The maximum Gasteiger partial charge on any atom is 0.264 e. The first-order valence-corrected chi connectivity index (χ1v) is 10.2. The number of aryl methyl sites for hydroxylation is 2. The van der Waals surface area contributed by atoms with E-state index in [4.69, 9.17) is 16.3 Å². The maximum atomic E-state index is 13.2. The SMILES string of the molecule is COCCNC(=O)CN(c1ccc(Cl)cc1C)S(=O)(=O)c1ccc(C)cc1. The summed E-state index contributed by atoms with van der Waals surface area (Å²) < 4.78 is 32.5. The molecule has 0 radical (unpaired) electrons. The summed E-state index contributed by atoms with van der Waals surface area (Å²) in [6.45, 7) is 3.93. The highest BCUT2D eigenvalue weighted by Gasteiger charge is 2.28. The molecule has 2 aromatic rings. The van der Waals surface area contributed by atoms with Gasteiger partial charge in [-0.05, 0) is 49.7 Å². The Bertz CT molecular complexity index is 898. The number of benzene rings is 2. The molecule has 146 valence electrons. The summed E-state index contributed by atoms with van der Waals surface area (Å²) in [7, 11) is -2.41. The summed E-state index contributed by atoms with van der Waals surface area (Å²) in [6.07, 6.45) is 0. The van der Waals surface area contributed by atoms with Gasteiger partial charge in [0.1, 0.15) is 6.54 Å². The van der Waals surface area contributed by atoms with Gasteiger partial charge in [-0.25, -0.2) is 8.42 Å². The lowest BCUT2D eigenvalue weighted by molar-refractivity contribution is -0.119. The van der Waals surface area contributed by atoms with Crippen LogP contribution in [0.5, 0.6) is 0 Å². The smallest absolute Gasteiger partial charge is 0.264 e. The molecular weight excluding hydrogens is 388 g/mol. The van der Waals surface area contributed by atoms with Crippen LogP contribution in [-0.2, 0) is 19.6 Å². The molecule has 2 rings (SSSR count). The molecule has 0 bridgehead atoms. The lowest BCUT2D eigenvalue weighted by Gasteiger charge is -2.25. The van der Waals surface area contributed by atoms with E-state index >= 15 is 0 Å². The van der Waals surface area contributed by atoms with Crippen molar-refractivity contribution in [1.29, 1.82) is 0 Å². The van der Waals surface area contributed by atoms with E-state index in [1.165, 1.54) is 19.2 Å². The van der Waals surface area contributed by atoms with Crippen LogP contribution in [0.3, 0.4) is 0 Å². The van der Waals surface area contributed by atoms with Gasteiger partial charge >= 0.3 is 0 Å². The van der Waals surface area contributed by atoms with Crippen molar-refractivity contribution in [2.75, 3.05) is 31.1 Å². The van der Waals surface area contributed by atoms with Crippen LogP contribution in [0.1, 0.15) is 11.1 Å². The van der Waals surface area contributed by atoms with E-state index in [1.54, 1.807) is 37.3 Å². The van der Waals surface area contributed by atoms with Gasteiger partial charge in [0.25, 0.3) is 10.0 Å². The Morgan fingerprint density at radius 3 is 2.41 bits per heavy atom. The average molecular weight is 411 g/mol. The second-order valence-electron chi connectivity index (χ2n) is 6.10. The highest BCUT2D eigenvalue weighted by Crippen LogP contribution is 2.28. The predicted molar refractivity (Wildman–Crippen MR) is 107 cm³/mol. The molecule has 0 aliphatic heterocycles. The molecule has 0 unspecified atom stereocenters. The van der Waals surface area contributed by atoms with Crippen molar-refractivity contribution in [2.24, 2.45) is 0 Å². The Kier molecular flexibility index (Phi) is 7.24. The van der Waals surface area contributed by atoms with E-state index in [9.17, 15) is 13.2 Å². The van der Waals surface area contributed by atoms with Crippen LogP contribution in [0.25, 0.3) is 0 Å². The second kappa shape index (κ2) is 9.21. The first-order valence-electron chi connectivity index (χ1n) is 8.37. The van der Waals surface area contributed by atoms with Gasteiger partial charge < -0.3 is 10.1 Å². The van der Waals surface area contributed by atoms with Crippen molar-refractivity contribution in [2.45, 2.75) is 18.7 Å². The number of ether oxygens (including phenoxy) is 1. The van der Waals surface area contributed by atoms with Gasteiger partial charge in [-0.3, -0.25) is 9.10 Å². The van der Waals surface area contributed by atoms with E-state index in [1.807, 2.05) is 6.92 Å². The first kappa shape index (κ1) is 21.2. The van der Waals surface area contributed by atoms with Crippen molar-refractivity contribution in [3.8, 4) is 0 Å². The molecule has 0 aliphatic carbocycles. The minimum atomic E-state index is -3.93. The van der Waals surface area contributed by atoms with Gasteiger partial charge in [-0.2, -0.15) is 0 Å². The fourth-order valence-corrected chi connectivity index (χ4v) is 4.23. The van der Waals surface area contributed by atoms with Gasteiger partial charge in [0.2, 0.25) is 5.91 Å². The van der Waals surface area contributed by atoms with Gasteiger partial charge in [-0.1, -0.05) is 29.3 Å². The number of amides is 1. The molecule has 0 fully saturated rings. The minimum Gasteiger partial charge on any atom is -0.383 e. The third-order valence-corrected chi connectivity index (χ3v) is 5.96. The lowest BCUT2D eigenvalue weighted by Crippen LogP contribution is -2.42. The van der Waals surface area contributed by atoms with Crippen LogP contribution in [-0.4, -0.2) is 41.1 Å². The molecule has 0 heterocycles. The summed E-state index contributed by atoms with van der Waals surface area (Å²) in [5.74, 6) is -0.419. The second-order valence-corrected chi connectivity index (χ2v) is 8.40. The minimum absolute atomic E-state index is 0.118. The monoisotopic (exact) mass is 410 g/mol. The summed E-state index contributed by atoms with van der Waals surface area (Å²) in [4.78, 5) is 12.4. The highest BCUT2D eigenvalue weighted by molar-refractivity contribution is 7.92. The Morgan fingerprint density at radius 2 is 1.81 bits per heavy atom. The fourth-order valence-electron chi connectivity index (χ4n) is 2.51. The van der Waals surface area contributed by atoms with Gasteiger partial charge in [-0.15, -0.1) is 0 Å². The molecule has 0 aliphatic rings. The molecule has 1 amide bonds. The number of hydrogen-bond acceptors (Lipinski definition) is 4. The molecule has 0 aromatic heterocycles. The number of nitrogens with zero attached hydrogens (tertiary/aromatic N) is 1. The summed E-state index contributed by atoms with van der Waals surface area (Å²) >= 11 is 6.00. The molecule has 6 nitrogen and oxygen atoms in total. The Hall–Kier alpha value is -2.09. The van der Waals surface area contributed by atoms with E-state index in [0.717, 1.165) is 9.87 Å². The number of carbonyl (C=O) groups is 1. The summed E-state index contributed by atoms with van der Waals surface area (Å²) in [5.41, 5.74) is 2.00. The van der Waals surface area contributed by atoms with E-state index in [-0.39, 0.29) is 11.4 Å². The lowest BCUT2D eigenvalue weighted by atomic mass is 10.2. The molecule has 0 spiro atoms. The van der Waals surface area contributed by atoms with Crippen LogP contribution >= 0.6 is 11.6 Å². The maximum absolute atomic E-state index is 13.2. The first-order chi connectivity index (χ1) is 12.8. The number of nitrogens with one attached hydrogen (secondary N) is 1. The zero-order chi connectivity index (χ0) is 20.0. The number of anilines is 1. The van der Waals surface area contributed by atoms with Gasteiger partial charge in [0.05, 0.1) is 17.2 Å². The van der Waals surface area contributed by atoms with Crippen LogP contribution in [0.2, 0.25) is 5.02 Å². The zero-order valence-electron chi connectivity index (χ0n) is 15.5. The van der Waals surface area contributed by atoms with Crippen LogP contribution in [0.15, 0.2) is 47.4 Å². The normalized spacial score (nSPS) is 11.3. The number of methoxy groups -OCH3 is 1. The number of hydrogen-bond donors (Lipinski definition) is 1. The van der Waals surface area contributed by atoms with E-state index < -0.39 is 15.9 Å². The number of halogens is 1. The van der Waals surface area contributed by atoms with Crippen molar-refractivity contribution in [1.82, 2.24) is 5.32 Å². The van der Waals surface area contributed by atoms with Crippen LogP contribution in [0.4, 0.5) is 5.69 Å². The van der Waals surface area contributed by atoms with Crippen molar-refractivity contribution in [3.05, 3.63) is 58.6 Å². The molecule has 0 saturated heterocycles. The molecule has 0 atom stereocenters. The fraction of sp³-hybridized carbons (Fsp3) is 0.316. The number of sulfonamides is 1. The molecule has 1 N–H and O–H groups in total. The van der Waals surface area contributed by atoms with Crippen molar-refractivity contribution < 1.29 is 17.9 Å². The molecule has 8 heteroatoms. The third kappa shape index (κ3) is 5.45. The van der Waals surface area contributed by atoms with E-state index in [0.29, 0.717) is 29.4 Å². The number of carbonyl (C=O) groups excluding carboxylic acids is 1. The third-order valence-electron chi connectivity index (χ3n) is 3.95. The standard InChI is InChI=1S/C19H23ClN2O4S/c1-14-4-7-17(8-5-14)27(24,25)22(13-19(23)21-10-11-26-3)18-9-6-16(20)12-15(18)2/h4-9,12H,10-11,13H2,1-3H3,(H,21,23). The largest absolute Gasteiger partial charge is 0.383 e. The Labute approximate surface area is 165 Å². The average Bonchev–Trinajstić information content (AvgIpc) is 2.61. The predicted octanol–water partition coefficient (Wildman–Crippen LogP) is 2.91. The molecule has 0 saturated carbocycles. The topological polar surface area (TPSA) is 75.7 Å². The summed E-state index contributed by atoms with van der Waals surface area (Å²) in [6, 6.07) is 11.4. The quantitative estimate of drug-likeness (QED) is 0.679. The van der Waals surface area contributed by atoms with Crippen LogP contribution in [0, 0.1) is 13.8 Å². The molecular formula is C19H23ClN2O4S. The Morgan fingerprint density at radius 1 is 1.15 bits per heavy atom. The van der Waals surface area contributed by atoms with Crippen molar-refractivity contribution >= 4 is 33.2 Å². The molecule has 27 heavy (non-hydrogen) atoms. The van der Waals surface area contributed by atoms with Gasteiger partial charge in [0, 0.05) is 18.7 Å². The number of rotatable bonds is 8. The molecule has 2 aromatic carbocycles.